The molecule has 24 heavy (non-hydrogen) atoms. The Labute approximate surface area is 138 Å². The number of hydrogen-bond acceptors (Lipinski definition) is 7. The number of H-pyrrole nitrogens is 1. The Balaban J connectivity index is 1.67. The minimum atomic E-state index is -0.137. The van der Waals surface area contributed by atoms with Gasteiger partial charge in [0.25, 0.3) is 5.56 Å². The van der Waals surface area contributed by atoms with Crippen molar-refractivity contribution in [2.24, 2.45) is 0 Å². The summed E-state index contributed by atoms with van der Waals surface area (Å²) in [5.74, 6) is 1.62. The number of nitrogens with zero attached hydrogens (tertiary/aromatic N) is 5. The van der Waals surface area contributed by atoms with Gasteiger partial charge in [0.2, 0.25) is 11.7 Å². The molecule has 0 bridgehead atoms. The maximum Gasteiger partial charge on any atom is 0.251 e. The SMILES string of the molecule is CCc1cc(=O)[nH]c(CN(C)Cc2nc(-c3cccnc3)no2)n1. The fourth-order valence-electron chi connectivity index (χ4n) is 2.29. The van der Waals surface area contributed by atoms with Gasteiger partial charge >= 0.3 is 0 Å². The molecule has 0 spiro atoms. The molecular weight excluding hydrogens is 308 g/mol. The van der Waals surface area contributed by atoms with Gasteiger partial charge in [-0.05, 0) is 25.6 Å². The van der Waals surface area contributed by atoms with E-state index in [2.05, 4.69) is 25.1 Å². The van der Waals surface area contributed by atoms with Gasteiger partial charge in [0.05, 0.1) is 13.1 Å². The van der Waals surface area contributed by atoms with Gasteiger partial charge in [-0.2, -0.15) is 4.98 Å². The molecule has 0 amide bonds. The lowest BCUT2D eigenvalue weighted by Gasteiger charge is -2.13. The van der Waals surface area contributed by atoms with E-state index in [1.807, 2.05) is 31.0 Å². The summed E-state index contributed by atoms with van der Waals surface area (Å²) in [4.78, 5) is 29.1. The number of aromatic amines is 1. The van der Waals surface area contributed by atoms with Crippen molar-refractivity contribution in [3.63, 3.8) is 0 Å². The molecule has 0 aliphatic rings. The molecule has 0 aliphatic heterocycles. The second-order valence-corrected chi connectivity index (χ2v) is 5.46. The molecule has 124 valence electrons. The fourth-order valence-corrected chi connectivity index (χ4v) is 2.29. The molecule has 0 saturated carbocycles. The summed E-state index contributed by atoms with van der Waals surface area (Å²) in [6.45, 7) is 2.90. The smallest absolute Gasteiger partial charge is 0.251 e. The molecule has 3 aromatic heterocycles. The van der Waals surface area contributed by atoms with E-state index in [4.69, 9.17) is 4.52 Å². The number of pyridine rings is 1. The van der Waals surface area contributed by atoms with Crippen molar-refractivity contribution in [2.75, 3.05) is 7.05 Å². The minimum Gasteiger partial charge on any atom is -0.338 e. The number of nitrogens with one attached hydrogen (secondary N) is 1. The quantitative estimate of drug-likeness (QED) is 0.731. The maximum absolute atomic E-state index is 11.6. The molecule has 8 heteroatoms. The van der Waals surface area contributed by atoms with Crippen molar-refractivity contribution in [2.45, 2.75) is 26.4 Å². The third-order valence-electron chi connectivity index (χ3n) is 3.42. The van der Waals surface area contributed by atoms with Gasteiger partial charge in [-0.3, -0.25) is 14.7 Å². The summed E-state index contributed by atoms with van der Waals surface area (Å²) < 4.78 is 5.27. The van der Waals surface area contributed by atoms with E-state index in [0.717, 1.165) is 17.7 Å². The number of hydrogen-bond donors (Lipinski definition) is 1. The summed E-state index contributed by atoms with van der Waals surface area (Å²) in [7, 11) is 1.90. The topological polar surface area (TPSA) is 101 Å². The van der Waals surface area contributed by atoms with Gasteiger partial charge in [0, 0.05) is 29.7 Å². The first-order valence-electron chi connectivity index (χ1n) is 7.64. The third-order valence-corrected chi connectivity index (χ3v) is 3.42. The van der Waals surface area contributed by atoms with Crippen LogP contribution >= 0.6 is 0 Å². The highest BCUT2D eigenvalue weighted by Gasteiger charge is 2.12. The zero-order chi connectivity index (χ0) is 16.9. The van der Waals surface area contributed by atoms with Crippen molar-refractivity contribution >= 4 is 0 Å². The molecular formula is C16H18N6O2. The lowest BCUT2D eigenvalue weighted by molar-refractivity contribution is 0.256. The highest BCUT2D eigenvalue weighted by atomic mass is 16.5. The van der Waals surface area contributed by atoms with E-state index in [1.165, 1.54) is 6.07 Å². The zero-order valence-corrected chi connectivity index (χ0v) is 13.6. The number of rotatable bonds is 6. The first-order valence-corrected chi connectivity index (χ1v) is 7.64. The summed E-state index contributed by atoms with van der Waals surface area (Å²) >= 11 is 0. The van der Waals surface area contributed by atoms with E-state index in [0.29, 0.717) is 30.6 Å². The van der Waals surface area contributed by atoms with Crippen LogP contribution in [0, 0.1) is 0 Å². The molecule has 3 heterocycles. The van der Waals surface area contributed by atoms with Crippen LogP contribution in [0.1, 0.15) is 24.3 Å². The number of aromatic nitrogens is 5. The predicted octanol–water partition coefficient (Wildman–Crippen LogP) is 1.41. The highest BCUT2D eigenvalue weighted by molar-refractivity contribution is 5.51. The highest BCUT2D eigenvalue weighted by Crippen LogP contribution is 2.14. The van der Waals surface area contributed by atoms with Gasteiger partial charge in [-0.15, -0.1) is 0 Å². The summed E-state index contributed by atoms with van der Waals surface area (Å²) in [5, 5.41) is 3.96. The molecule has 1 N–H and O–H groups in total. The Morgan fingerprint density at radius 2 is 2.17 bits per heavy atom. The normalized spacial score (nSPS) is 11.1. The van der Waals surface area contributed by atoms with Gasteiger partial charge in [0.15, 0.2) is 0 Å². The standard InChI is InChI=1S/C16H18N6O2/c1-3-12-7-14(23)19-13(18-12)9-22(2)10-15-20-16(21-24-15)11-5-4-6-17-8-11/h4-8H,3,9-10H2,1-2H3,(H,18,19,23). The molecule has 3 rings (SSSR count). The Bertz CT molecular complexity index is 858. The lowest BCUT2D eigenvalue weighted by Crippen LogP contribution is -2.22. The Hall–Kier alpha value is -2.87. The van der Waals surface area contributed by atoms with Crippen LogP contribution < -0.4 is 5.56 Å². The van der Waals surface area contributed by atoms with Crippen LogP contribution in [0.5, 0.6) is 0 Å². The maximum atomic E-state index is 11.6. The minimum absolute atomic E-state index is 0.137. The molecule has 0 radical (unpaired) electrons. The largest absolute Gasteiger partial charge is 0.338 e. The Kier molecular flexibility index (Phi) is 4.76. The van der Waals surface area contributed by atoms with Crippen LogP contribution in [-0.4, -0.2) is 37.0 Å². The second kappa shape index (κ2) is 7.14. The summed E-state index contributed by atoms with van der Waals surface area (Å²) in [5.41, 5.74) is 1.44. The van der Waals surface area contributed by atoms with Crippen molar-refractivity contribution in [1.29, 1.82) is 0 Å². The van der Waals surface area contributed by atoms with Crippen molar-refractivity contribution in [1.82, 2.24) is 30.0 Å². The molecule has 3 aromatic rings. The molecule has 0 unspecified atom stereocenters. The van der Waals surface area contributed by atoms with Crippen LogP contribution in [0.25, 0.3) is 11.4 Å². The first kappa shape index (κ1) is 16.0. The van der Waals surface area contributed by atoms with Crippen molar-refractivity contribution in [3.05, 3.63) is 58.4 Å². The van der Waals surface area contributed by atoms with Gasteiger partial charge in [-0.1, -0.05) is 12.1 Å². The lowest BCUT2D eigenvalue weighted by atomic mass is 10.3. The zero-order valence-electron chi connectivity index (χ0n) is 13.6. The van der Waals surface area contributed by atoms with Gasteiger partial charge in [0.1, 0.15) is 5.82 Å². The molecule has 0 aliphatic carbocycles. The van der Waals surface area contributed by atoms with Gasteiger partial charge in [-0.25, -0.2) is 4.98 Å². The Morgan fingerprint density at radius 3 is 2.92 bits per heavy atom. The van der Waals surface area contributed by atoms with Crippen LogP contribution in [0.4, 0.5) is 0 Å². The average Bonchev–Trinajstić information content (AvgIpc) is 3.03. The van der Waals surface area contributed by atoms with E-state index in [1.54, 1.807) is 12.4 Å². The van der Waals surface area contributed by atoms with Crippen molar-refractivity contribution in [3.8, 4) is 11.4 Å². The van der Waals surface area contributed by atoms with Crippen LogP contribution in [0.15, 0.2) is 39.9 Å². The van der Waals surface area contributed by atoms with Gasteiger partial charge < -0.3 is 9.51 Å². The fraction of sp³-hybridized carbons (Fsp3) is 0.312. The van der Waals surface area contributed by atoms with Crippen LogP contribution in [0.2, 0.25) is 0 Å². The third kappa shape index (κ3) is 3.90. The second-order valence-electron chi connectivity index (χ2n) is 5.46. The predicted molar refractivity (Wildman–Crippen MR) is 86.9 cm³/mol. The monoisotopic (exact) mass is 326 g/mol. The summed E-state index contributed by atoms with van der Waals surface area (Å²) in [6.07, 6.45) is 4.10. The molecule has 0 saturated heterocycles. The van der Waals surface area contributed by atoms with E-state index >= 15 is 0 Å². The van der Waals surface area contributed by atoms with E-state index < -0.39 is 0 Å². The molecule has 0 fully saturated rings. The molecule has 8 nitrogen and oxygen atoms in total. The van der Waals surface area contributed by atoms with E-state index in [-0.39, 0.29) is 5.56 Å². The molecule has 0 atom stereocenters. The average molecular weight is 326 g/mol. The van der Waals surface area contributed by atoms with E-state index in [9.17, 15) is 4.79 Å². The summed E-state index contributed by atoms with van der Waals surface area (Å²) in [6, 6.07) is 5.21. The van der Waals surface area contributed by atoms with Crippen molar-refractivity contribution < 1.29 is 4.52 Å². The Morgan fingerprint density at radius 1 is 1.29 bits per heavy atom. The first-order chi connectivity index (χ1) is 11.6. The van der Waals surface area contributed by atoms with Crippen LogP contribution in [-0.2, 0) is 19.5 Å². The van der Waals surface area contributed by atoms with Crippen LogP contribution in [0.3, 0.4) is 0 Å². The molecule has 0 aromatic carbocycles. The number of aryl methyl sites for hydroxylation is 1.